The molecule has 2 aliphatic rings. The number of rotatable bonds is 2. The third kappa shape index (κ3) is 3.86. The van der Waals surface area contributed by atoms with E-state index in [1.165, 1.54) is 23.6 Å². The molecule has 0 aromatic rings. The SMILES string of the molecule is CC1=C(/C=C/C(=O)NOC(=O)N2CCC2)C(C)(C)CCC1. The Bertz CT molecular complexity index is 488. The van der Waals surface area contributed by atoms with E-state index in [2.05, 4.69) is 26.3 Å². The van der Waals surface area contributed by atoms with Crippen LogP contribution in [-0.2, 0) is 9.63 Å². The number of nitrogens with zero attached hydrogens (tertiary/aromatic N) is 1. The summed E-state index contributed by atoms with van der Waals surface area (Å²) in [7, 11) is 0. The Hall–Kier alpha value is -1.78. The van der Waals surface area contributed by atoms with Gasteiger partial charge in [0.1, 0.15) is 0 Å². The van der Waals surface area contributed by atoms with Crippen LogP contribution < -0.4 is 5.48 Å². The minimum absolute atomic E-state index is 0.0907. The van der Waals surface area contributed by atoms with E-state index < -0.39 is 12.0 Å². The number of hydroxylamine groups is 1. The maximum atomic E-state index is 11.7. The maximum absolute atomic E-state index is 11.7. The molecule has 1 saturated heterocycles. The molecule has 0 saturated carbocycles. The van der Waals surface area contributed by atoms with Crippen molar-refractivity contribution in [2.45, 2.75) is 46.5 Å². The molecule has 1 heterocycles. The van der Waals surface area contributed by atoms with E-state index in [-0.39, 0.29) is 5.41 Å². The highest BCUT2D eigenvalue weighted by Crippen LogP contribution is 2.40. The highest BCUT2D eigenvalue weighted by molar-refractivity contribution is 5.88. The van der Waals surface area contributed by atoms with Crippen molar-refractivity contribution in [2.75, 3.05) is 13.1 Å². The normalized spacial score (nSPS) is 21.2. The average Bonchev–Trinajstić information content (AvgIpc) is 2.32. The number of allylic oxidation sites excluding steroid dienone is 3. The number of carbonyl (C=O) groups is 2. The average molecular weight is 292 g/mol. The fourth-order valence-corrected chi connectivity index (χ4v) is 2.86. The molecule has 0 unspecified atom stereocenters. The molecule has 0 bridgehead atoms. The zero-order valence-corrected chi connectivity index (χ0v) is 13.1. The van der Waals surface area contributed by atoms with Crippen LogP contribution in [0.5, 0.6) is 0 Å². The Balaban J connectivity index is 1.87. The molecule has 116 valence electrons. The van der Waals surface area contributed by atoms with Gasteiger partial charge in [-0.1, -0.05) is 25.5 Å². The molecule has 21 heavy (non-hydrogen) atoms. The van der Waals surface area contributed by atoms with Gasteiger partial charge in [0.25, 0.3) is 5.91 Å². The summed E-state index contributed by atoms with van der Waals surface area (Å²) < 4.78 is 0. The van der Waals surface area contributed by atoms with Crippen molar-refractivity contribution >= 4 is 12.0 Å². The summed E-state index contributed by atoms with van der Waals surface area (Å²) in [5, 5.41) is 0. The van der Waals surface area contributed by atoms with Gasteiger partial charge in [0.15, 0.2) is 0 Å². The third-order valence-corrected chi connectivity index (χ3v) is 4.30. The highest BCUT2D eigenvalue weighted by atomic mass is 16.7. The van der Waals surface area contributed by atoms with E-state index in [0.717, 1.165) is 19.3 Å². The largest absolute Gasteiger partial charge is 0.434 e. The van der Waals surface area contributed by atoms with Crippen LogP contribution in [0.1, 0.15) is 46.5 Å². The van der Waals surface area contributed by atoms with Crippen LogP contribution in [0.25, 0.3) is 0 Å². The molecule has 2 amide bonds. The number of hydrogen-bond donors (Lipinski definition) is 1. The maximum Gasteiger partial charge on any atom is 0.434 e. The highest BCUT2D eigenvalue weighted by Gasteiger charge is 2.26. The van der Waals surface area contributed by atoms with E-state index >= 15 is 0 Å². The standard InChI is InChI=1S/C16H24N2O3/c1-12-6-4-9-16(2,3)13(12)7-8-14(19)17-21-15(20)18-10-5-11-18/h7-8H,4-6,9-11H2,1-3H3,(H,17,19)/b8-7+. The molecule has 1 N–H and O–H groups in total. The summed E-state index contributed by atoms with van der Waals surface area (Å²) in [5.41, 5.74) is 4.80. The van der Waals surface area contributed by atoms with Gasteiger partial charge in [0, 0.05) is 19.2 Å². The van der Waals surface area contributed by atoms with E-state index in [9.17, 15) is 9.59 Å². The summed E-state index contributed by atoms with van der Waals surface area (Å²) in [6, 6.07) is 0. The molecule has 0 spiro atoms. The molecule has 0 radical (unpaired) electrons. The monoisotopic (exact) mass is 292 g/mol. The van der Waals surface area contributed by atoms with Crippen molar-refractivity contribution < 1.29 is 14.4 Å². The fourth-order valence-electron chi connectivity index (χ4n) is 2.86. The molecular weight excluding hydrogens is 268 g/mol. The lowest BCUT2D eigenvalue weighted by molar-refractivity contribution is -0.125. The molecule has 0 atom stereocenters. The molecule has 5 heteroatoms. The lowest BCUT2D eigenvalue weighted by atomic mass is 9.73. The molecule has 1 aliphatic heterocycles. The number of hydrogen-bond acceptors (Lipinski definition) is 3. The minimum atomic E-state index is -0.489. The summed E-state index contributed by atoms with van der Waals surface area (Å²) in [5.74, 6) is -0.412. The van der Waals surface area contributed by atoms with Gasteiger partial charge in [0.05, 0.1) is 0 Å². The third-order valence-electron chi connectivity index (χ3n) is 4.30. The first-order valence-corrected chi connectivity index (χ1v) is 7.54. The molecule has 5 nitrogen and oxygen atoms in total. The van der Waals surface area contributed by atoms with Gasteiger partial charge in [-0.3, -0.25) is 4.79 Å². The van der Waals surface area contributed by atoms with E-state index in [4.69, 9.17) is 4.84 Å². The van der Waals surface area contributed by atoms with Crippen LogP contribution in [0.15, 0.2) is 23.3 Å². The smallest absolute Gasteiger partial charge is 0.321 e. The second-order valence-corrected chi connectivity index (χ2v) is 6.44. The topological polar surface area (TPSA) is 58.6 Å². The predicted molar refractivity (Wildman–Crippen MR) is 80.3 cm³/mol. The van der Waals surface area contributed by atoms with Crippen LogP contribution in [-0.4, -0.2) is 30.0 Å². The first kappa shape index (κ1) is 15.6. The second kappa shape index (κ2) is 6.33. The van der Waals surface area contributed by atoms with E-state index in [0.29, 0.717) is 13.1 Å². The number of carbonyl (C=O) groups excluding carboxylic acids is 2. The van der Waals surface area contributed by atoms with Crippen molar-refractivity contribution in [3.05, 3.63) is 23.3 Å². The van der Waals surface area contributed by atoms with Crippen LogP contribution in [0.4, 0.5) is 4.79 Å². The van der Waals surface area contributed by atoms with Crippen molar-refractivity contribution in [2.24, 2.45) is 5.41 Å². The van der Waals surface area contributed by atoms with Gasteiger partial charge in [-0.15, -0.1) is 0 Å². The van der Waals surface area contributed by atoms with Crippen LogP contribution in [0.2, 0.25) is 0 Å². The van der Waals surface area contributed by atoms with Crippen molar-refractivity contribution in [1.82, 2.24) is 10.4 Å². The molecule has 2 rings (SSSR count). The van der Waals surface area contributed by atoms with Gasteiger partial charge in [-0.2, -0.15) is 5.48 Å². The Morgan fingerprint density at radius 3 is 2.57 bits per heavy atom. The second-order valence-electron chi connectivity index (χ2n) is 6.44. The molecule has 1 fully saturated rings. The van der Waals surface area contributed by atoms with Crippen LogP contribution in [0, 0.1) is 5.41 Å². The molecule has 0 aromatic heterocycles. The Labute approximate surface area is 126 Å². The first-order chi connectivity index (χ1) is 9.90. The molecule has 1 aliphatic carbocycles. The summed E-state index contributed by atoms with van der Waals surface area (Å²) in [4.78, 5) is 29.5. The minimum Gasteiger partial charge on any atom is -0.321 e. The fraction of sp³-hybridized carbons (Fsp3) is 0.625. The van der Waals surface area contributed by atoms with Crippen LogP contribution >= 0.6 is 0 Å². The van der Waals surface area contributed by atoms with Crippen molar-refractivity contribution in [1.29, 1.82) is 0 Å². The number of nitrogens with one attached hydrogen (secondary N) is 1. The Kier molecular flexibility index (Phi) is 4.70. The van der Waals surface area contributed by atoms with Crippen molar-refractivity contribution in [3.63, 3.8) is 0 Å². The van der Waals surface area contributed by atoms with Gasteiger partial charge in [-0.25, -0.2) is 4.79 Å². The Morgan fingerprint density at radius 2 is 2.00 bits per heavy atom. The summed E-state index contributed by atoms with van der Waals surface area (Å²) in [6.45, 7) is 7.90. The van der Waals surface area contributed by atoms with Crippen LogP contribution in [0.3, 0.4) is 0 Å². The van der Waals surface area contributed by atoms with Gasteiger partial charge in [-0.05, 0) is 43.6 Å². The molecule has 0 aromatic carbocycles. The zero-order valence-electron chi connectivity index (χ0n) is 13.1. The lowest BCUT2D eigenvalue weighted by Crippen LogP contribution is -2.44. The first-order valence-electron chi connectivity index (χ1n) is 7.54. The molecular formula is C16H24N2O3. The lowest BCUT2D eigenvalue weighted by Gasteiger charge is -2.32. The zero-order chi connectivity index (χ0) is 15.5. The van der Waals surface area contributed by atoms with E-state index in [1.54, 1.807) is 4.90 Å². The van der Waals surface area contributed by atoms with Gasteiger partial charge >= 0.3 is 6.09 Å². The number of likely N-dealkylation sites (tertiary alicyclic amines) is 1. The van der Waals surface area contributed by atoms with E-state index in [1.807, 2.05) is 6.08 Å². The van der Waals surface area contributed by atoms with Crippen molar-refractivity contribution in [3.8, 4) is 0 Å². The summed E-state index contributed by atoms with van der Waals surface area (Å²) >= 11 is 0. The summed E-state index contributed by atoms with van der Waals surface area (Å²) in [6.07, 6.45) is 7.18. The number of amides is 2. The predicted octanol–water partition coefficient (Wildman–Crippen LogP) is 2.94. The van der Waals surface area contributed by atoms with Gasteiger partial charge < -0.3 is 9.74 Å². The van der Waals surface area contributed by atoms with Gasteiger partial charge in [0.2, 0.25) is 0 Å². The Morgan fingerprint density at radius 1 is 1.29 bits per heavy atom. The quantitative estimate of drug-likeness (QED) is 0.629.